The van der Waals surface area contributed by atoms with Gasteiger partial charge in [-0.1, -0.05) is 19.1 Å². The highest BCUT2D eigenvalue weighted by molar-refractivity contribution is 6.06. The number of carbonyl (C=O) groups excluding carboxylic acids is 1. The molecular weight excluding hydrogens is 482 g/mol. The summed E-state index contributed by atoms with van der Waals surface area (Å²) in [5.41, 5.74) is 4.97. The Morgan fingerprint density at radius 1 is 1.18 bits per heavy atom. The van der Waals surface area contributed by atoms with Gasteiger partial charge in [-0.25, -0.2) is 9.97 Å². The number of H-pyrrole nitrogens is 1. The Morgan fingerprint density at radius 2 is 1.97 bits per heavy atom. The van der Waals surface area contributed by atoms with Crippen LogP contribution in [0.25, 0.3) is 22.2 Å². The number of aromatic amines is 1. The number of ether oxygens (including phenoxy) is 1. The number of benzene rings is 1. The highest BCUT2D eigenvalue weighted by Gasteiger charge is 2.27. The average molecular weight is 518 g/mol. The number of anilines is 3. The number of nitrogens with one attached hydrogen (secondary N) is 3. The number of nitrogens with zero attached hydrogens (tertiary/aromatic N) is 6. The summed E-state index contributed by atoms with van der Waals surface area (Å²) in [5, 5.41) is 11.6. The van der Waals surface area contributed by atoms with E-state index in [9.17, 15) is 4.79 Å². The Labute approximate surface area is 222 Å². The number of aromatic nitrogens is 5. The van der Waals surface area contributed by atoms with Crippen LogP contribution in [0.4, 0.5) is 17.3 Å². The molecule has 0 saturated carbocycles. The molecule has 1 fully saturated rings. The molecule has 38 heavy (non-hydrogen) atoms. The molecular formula is C27H35N9O2. The van der Waals surface area contributed by atoms with Crippen LogP contribution in [0.15, 0.2) is 36.8 Å². The number of amides is 1. The van der Waals surface area contributed by atoms with Gasteiger partial charge in [-0.3, -0.25) is 14.4 Å². The smallest absolute Gasteiger partial charge is 0.256 e. The number of methoxy groups -OCH3 is 1. The fourth-order valence-corrected chi connectivity index (χ4v) is 5.01. The third kappa shape index (κ3) is 5.07. The molecule has 3 aromatic heterocycles. The summed E-state index contributed by atoms with van der Waals surface area (Å²) in [6.45, 7) is 7.79. The van der Waals surface area contributed by atoms with Gasteiger partial charge in [0.2, 0.25) is 11.9 Å². The van der Waals surface area contributed by atoms with Gasteiger partial charge >= 0.3 is 0 Å². The Morgan fingerprint density at radius 3 is 2.71 bits per heavy atom. The van der Waals surface area contributed by atoms with Crippen LogP contribution in [-0.4, -0.2) is 86.8 Å². The molecule has 5 rings (SSSR count). The summed E-state index contributed by atoms with van der Waals surface area (Å²) >= 11 is 0. The van der Waals surface area contributed by atoms with Crippen LogP contribution in [0.1, 0.15) is 18.9 Å². The fraction of sp³-hybridized carbons (Fsp3) is 0.407. The maximum atomic E-state index is 13.3. The lowest BCUT2D eigenvalue weighted by molar-refractivity contribution is -0.122. The highest BCUT2D eigenvalue weighted by atomic mass is 16.5. The second kappa shape index (κ2) is 10.8. The number of carbonyl (C=O) groups is 1. The van der Waals surface area contributed by atoms with Gasteiger partial charge in [-0.15, -0.1) is 5.10 Å². The lowest BCUT2D eigenvalue weighted by atomic mass is 10.1. The van der Waals surface area contributed by atoms with Gasteiger partial charge in [0.15, 0.2) is 0 Å². The average Bonchev–Trinajstić information content (AvgIpc) is 3.50. The van der Waals surface area contributed by atoms with Crippen molar-refractivity contribution < 1.29 is 9.53 Å². The summed E-state index contributed by atoms with van der Waals surface area (Å²) in [6.07, 6.45) is 6.30. The van der Waals surface area contributed by atoms with Crippen molar-refractivity contribution in [3.63, 3.8) is 0 Å². The lowest BCUT2D eigenvalue weighted by Gasteiger charge is -2.36. The Kier molecular flexibility index (Phi) is 7.30. The number of rotatable bonds is 8. The first-order valence-corrected chi connectivity index (χ1v) is 12.9. The molecule has 1 unspecified atom stereocenters. The molecule has 11 heteroatoms. The normalized spacial score (nSPS) is 15.5. The van der Waals surface area contributed by atoms with Crippen molar-refractivity contribution in [2.24, 2.45) is 7.05 Å². The molecule has 3 N–H and O–H groups in total. The molecule has 0 aliphatic carbocycles. The number of fused-ring (bicyclic) bond motifs is 1. The number of hydrogen-bond donors (Lipinski definition) is 3. The summed E-state index contributed by atoms with van der Waals surface area (Å²) in [4.78, 5) is 30.6. The van der Waals surface area contributed by atoms with Gasteiger partial charge in [0.25, 0.3) is 5.88 Å². The maximum absolute atomic E-state index is 13.3. The first kappa shape index (κ1) is 25.7. The summed E-state index contributed by atoms with van der Waals surface area (Å²) < 4.78 is 7.01. The van der Waals surface area contributed by atoms with Crippen LogP contribution in [0.3, 0.4) is 0 Å². The molecule has 1 aliphatic rings. The van der Waals surface area contributed by atoms with Crippen molar-refractivity contribution in [1.82, 2.24) is 34.5 Å². The summed E-state index contributed by atoms with van der Waals surface area (Å²) in [7, 11) is 5.52. The molecule has 0 bridgehead atoms. The van der Waals surface area contributed by atoms with Gasteiger partial charge in [-0.05, 0) is 32.0 Å². The molecule has 0 spiro atoms. The van der Waals surface area contributed by atoms with Crippen molar-refractivity contribution in [3.8, 4) is 17.1 Å². The molecule has 4 aromatic rings. The summed E-state index contributed by atoms with van der Waals surface area (Å²) in [5.74, 6) is 0.928. The Hall–Kier alpha value is -3.96. The van der Waals surface area contributed by atoms with E-state index in [4.69, 9.17) is 9.72 Å². The van der Waals surface area contributed by atoms with Crippen LogP contribution in [0.2, 0.25) is 0 Å². The van der Waals surface area contributed by atoms with E-state index in [-0.39, 0.29) is 11.9 Å². The van der Waals surface area contributed by atoms with E-state index in [1.165, 1.54) is 0 Å². The van der Waals surface area contributed by atoms with Crippen molar-refractivity contribution >= 4 is 34.1 Å². The topological polar surface area (TPSA) is 116 Å². The van der Waals surface area contributed by atoms with E-state index in [2.05, 4.69) is 49.5 Å². The first-order chi connectivity index (χ1) is 18.4. The number of piperazine rings is 1. The first-order valence-electron chi connectivity index (χ1n) is 12.9. The van der Waals surface area contributed by atoms with Crippen LogP contribution in [-0.2, 0) is 11.8 Å². The molecule has 1 atom stereocenters. The molecule has 4 heterocycles. The van der Waals surface area contributed by atoms with Crippen molar-refractivity contribution in [3.05, 3.63) is 42.4 Å². The molecule has 1 saturated heterocycles. The van der Waals surface area contributed by atoms with E-state index in [0.29, 0.717) is 17.5 Å². The van der Waals surface area contributed by atoms with Crippen LogP contribution in [0.5, 0.6) is 5.88 Å². The monoisotopic (exact) mass is 517 g/mol. The van der Waals surface area contributed by atoms with E-state index < -0.39 is 0 Å². The molecule has 200 valence electrons. The van der Waals surface area contributed by atoms with Crippen molar-refractivity contribution in [1.29, 1.82) is 0 Å². The lowest BCUT2D eigenvalue weighted by Crippen LogP contribution is -2.52. The quantitative estimate of drug-likeness (QED) is 0.326. The number of hydrogen-bond acceptors (Lipinski definition) is 8. The second-order valence-corrected chi connectivity index (χ2v) is 9.76. The minimum absolute atomic E-state index is 0.0239. The van der Waals surface area contributed by atoms with E-state index in [0.717, 1.165) is 66.0 Å². The van der Waals surface area contributed by atoms with Crippen molar-refractivity contribution in [2.45, 2.75) is 26.3 Å². The number of aryl methyl sites for hydroxylation is 2. The minimum atomic E-state index is -0.157. The van der Waals surface area contributed by atoms with Gasteiger partial charge in [-0.2, -0.15) is 0 Å². The van der Waals surface area contributed by atoms with E-state index >= 15 is 0 Å². The number of likely N-dealkylation sites (N-methyl/N-ethyl adjacent to an activating group) is 1. The predicted molar refractivity (Wildman–Crippen MR) is 149 cm³/mol. The van der Waals surface area contributed by atoms with Crippen LogP contribution < -0.4 is 15.4 Å². The minimum Gasteiger partial charge on any atom is -0.478 e. The van der Waals surface area contributed by atoms with Gasteiger partial charge in [0.1, 0.15) is 5.69 Å². The zero-order valence-corrected chi connectivity index (χ0v) is 22.6. The molecule has 1 aliphatic heterocycles. The third-order valence-electron chi connectivity index (χ3n) is 7.10. The SMILES string of the molecule is CCC(C(=O)Nc1cccc2c(-c3nc(Nc4cn(C)nc4OC)ncc3C)c[nH]c12)N1CCN(C)CC1. The van der Waals surface area contributed by atoms with E-state index in [1.807, 2.05) is 44.6 Å². The zero-order chi connectivity index (χ0) is 26.8. The third-order valence-corrected chi connectivity index (χ3v) is 7.10. The standard InChI is InChI=1S/C27H35N9O2/c1-6-22(36-12-10-34(3)11-13-36)25(37)30-20-9-7-8-18-19(15-28-24(18)20)23-17(2)14-29-27(32-23)31-21-16-35(4)33-26(21)38-5/h7-9,14-16,22,28H,6,10-13H2,1-5H3,(H,30,37)(H,29,31,32). The zero-order valence-electron chi connectivity index (χ0n) is 22.6. The largest absolute Gasteiger partial charge is 0.478 e. The predicted octanol–water partition coefficient (Wildman–Crippen LogP) is 3.38. The fourth-order valence-electron chi connectivity index (χ4n) is 5.01. The number of para-hydroxylation sites is 1. The van der Waals surface area contributed by atoms with Crippen LogP contribution >= 0.6 is 0 Å². The van der Waals surface area contributed by atoms with Gasteiger partial charge in [0.05, 0.1) is 36.2 Å². The Balaban J connectivity index is 1.41. The highest BCUT2D eigenvalue weighted by Crippen LogP contribution is 2.34. The molecule has 1 aromatic carbocycles. The Bertz CT molecular complexity index is 1440. The summed E-state index contributed by atoms with van der Waals surface area (Å²) in [6, 6.07) is 5.78. The second-order valence-electron chi connectivity index (χ2n) is 9.76. The van der Waals surface area contributed by atoms with Gasteiger partial charge < -0.3 is 25.3 Å². The molecule has 1 amide bonds. The van der Waals surface area contributed by atoms with Crippen LogP contribution in [0, 0.1) is 6.92 Å². The van der Waals surface area contributed by atoms with Crippen molar-refractivity contribution in [2.75, 3.05) is 51.0 Å². The molecule has 11 nitrogen and oxygen atoms in total. The molecule has 0 radical (unpaired) electrons. The van der Waals surface area contributed by atoms with E-state index in [1.54, 1.807) is 18.0 Å². The maximum Gasteiger partial charge on any atom is 0.256 e. The van der Waals surface area contributed by atoms with Gasteiger partial charge in [0, 0.05) is 56.6 Å².